The Morgan fingerprint density at radius 1 is 1.13 bits per heavy atom. The number of aliphatic hydroxyl groups is 1. The van der Waals surface area contributed by atoms with Gasteiger partial charge in [0.25, 0.3) is 0 Å². The average Bonchev–Trinajstić information content (AvgIpc) is 3.46. The third-order valence-electron chi connectivity index (χ3n) is 7.93. The van der Waals surface area contributed by atoms with Crippen LogP contribution in [-0.4, -0.2) is 63.0 Å². The predicted molar refractivity (Wildman–Crippen MR) is 148 cm³/mol. The summed E-state index contributed by atoms with van der Waals surface area (Å²) in [5, 5.41) is 15.8. The van der Waals surface area contributed by atoms with E-state index in [1.165, 1.54) is 0 Å². The van der Waals surface area contributed by atoms with Crippen LogP contribution in [0, 0.1) is 11.8 Å². The largest absolute Gasteiger partial charge is 0.494 e. The zero-order valence-corrected chi connectivity index (χ0v) is 23.0. The lowest BCUT2D eigenvalue weighted by molar-refractivity contribution is -0.139. The standard InChI is InChI=1S/C28H32ClN3O5S/c1-3-37-18-11-9-17(10-12-18)30-24(34)21-22-26(36)32(15-6-16-33)23(28(22)14-13-27(21,2)38-28)25(35)31-20-8-5-4-7-19(20)29/h4-5,7-12,21-23,33H,3,6,13-16H2,1-2H3,(H,30,34)(H,31,35)/t21-,22-,23?,27+,28?/m0/s1. The number of nitrogens with zero attached hydrogens (tertiary/aromatic N) is 1. The summed E-state index contributed by atoms with van der Waals surface area (Å²) < 4.78 is 4.26. The van der Waals surface area contributed by atoms with Gasteiger partial charge >= 0.3 is 0 Å². The Morgan fingerprint density at radius 3 is 2.55 bits per heavy atom. The summed E-state index contributed by atoms with van der Waals surface area (Å²) in [6.07, 6.45) is 1.70. The molecule has 3 heterocycles. The van der Waals surface area contributed by atoms with E-state index in [-0.39, 0.29) is 30.9 Å². The highest BCUT2D eigenvalue weighted by Gasteiger charge is 2.77. The summed E-state index contributed by atoms with van der Waals surface area (Å²) in [4.78, 5) is 43.1. The predicted octanol–water partition coefficient (Wildman–Crippen LogP) is 4.18. The summed E-state index contributed by atoms with van der Waals surface area (Å²) in [5.41, 5.74) is 1.10. The maximum absolute atomic E-state index is 14.0. The first kappa shape index (κ1) is 26.8. The number of thioether (sulfide) groups is 1. The molecule has 3 saturated heterocycles. The molecule has 0 aliphatic carbocycles. The quantitative estimate of drug-likeness (QED) is 0.427. The van der Waals surface area contributed by atoms with Gasteiger partial charge in [-0.05, 0) is 69.5 Å². The molecule has 5 atom stereocenters. The van der Waals surface area contributed by atoms with E-state index in [1.807, 2.05) is 13.8 Å². The molecule has 3 amide bonds. The van der Waals surface area contributed by atoms with Crippen molar-refractivity contribution in [2.24, 2.45) is 11.8 Å². The Hall–Kier alpha value is -2.75. The van der Waals surface area contributed by atoms with Crippen LogP contribution < -0.4 is 15.4 Å². The third-order valence-corrected chi connectivity index (χ3v) is 10.2. The van der Waals surface area contributed by atoms with Crippen LogP contribution >= 0.6 is 23.4 Å². The van der Waals surface area contributed by atoms with Gasteiger partial charge in [0.05, 0.1) is 33.9 Å². The van der Waals surface area contributed by atoms with E-state index < -0.39 is 27.4 Å². The van der Waals surface area contributed by atoms with Gasteiger partial charge in [-0.1, -0.05) is 23.7 Å². The summed E-state index contributed by atoms with van der Waals surface area (Å²) in [5.74, 6) is -1.29. The zero-order valence-electron chi connectivity index (χ0n) is 21.4. The van der Waals surface area contributed by atoms with Crippen LogP contribution in [0.1, 0.15) is 33.1 Å². The van der Waals surface area contributed by atoms with Crippen molar-refractivity contribution in [1.29, 1.82) is 0 Å². The normalized spacial score (nSPS) is 29.3. The molecular weight excluding hydrogens is 526 g/mol. The van der Waals surface area contributed by atoms with E-state index in [0.717, 1.165) is 0 Å². The monoisotopic (exact) mass is 557 g/mol. The molecule has 1 spiro atoms. The summed E-state index contributed by atoms with van der Waals surface area (Å²) in [6, 6.07) is 13.4. The fourth-order valence-corrected chi connectivity index (χ4v) is 8.93. The van der Waals surface area contributed by atoms with Gasteiger partial charge in [0.1, 0.15) is 11.8 Å². The summed E-state index contributed by atoms with van der Waals surface area (Å²) in [7, 11) is 0. The molecule has 10 heteroatoms. The molecule has 5 rings (SSSR count). The average molecular weight is 558 g/mol. The highest BCUT2D eigenvalue weighted by Crippen LogP contribution is 2.71. The topological polar surface area (TPSA) is 108 Å². The minimum atomic E-state index is -0.780. The highest BCUT2D eigenvalue weighted by molar-refractivity contribution is 8.02. The van der Waals surface area contributed by atoms with Gasteiger partial charge in [-0.25, -0.2) is 0 Å². The number of aliphatic hydroxyl groups excluding tert-OH is 1. The van der Waals surface area contributed by atoms with Crippen LogP contribution in [0.4, 0.5) is 11.4 Å². The van der Waals surface area contributed by atoms with Gasteiger partial charge in [0, 0.05) is 23.6 Å². The lowest BCUT2D eigenvalue weighted by Crippen LogP contribution is -2.52. The second kappa shape index (κ2) is 10.4. The summed E-state index contributed by atoms with van der Waals surface area (Å²) in [6.45, 7) is 4.61. The van der Waals surface area contributed by atoms with Gasteiger partial charge < -0.3 is 25.4 Å². The minimum Gasteiger partial charge on any atom is -0.494 e. The van der Waals surface area contributed by atoms with Gasteiger partial charge in [0.2, 0.25) is 17.7 Å². The van der Waals surface area contributed by atoms with Crippen molar-refractivity contribution in [2.45, 2.75) is 48.6 Å². The van der Waals surface area contributed by atoms with Crippen molar-refractivity contribution >= 4 is 52.5 Å². The molecule has 2 aromatic carbocycles. The number of rotatable bonds is 9. The molecule has 2 aromatic rings. The number of anilines is 2. The molecule has 38 heavy (non-hydrogen) atoms. The first-order chi connectivity index (χ1) is 18.2. The lowest BCUT2D eigenvalue weighted by atomic mass is 9.66. The number of ether oxygens (including phenoxy) is 1. The maximum Gasteiger partial charge on any atom is 0.248 e. The number of carbonyl (C=O) groups excluding carboxylic acids is 3. The van der Waals surface area contributed by atoms with E-state index in [0.29, 0.717) is 48.0 Å². The Kier molecular flexibility index (Phi) is 7.37. The summed E-state index contributed by atoms with van der Waals surface area (Å²) >= 11 is 7.91. The number of hydrogen-bond acceptors (Lipinski definition) is 6. The van der Waals surface area contributed by atoms with Crippen LogP contribution in [0.2, 0.25) is 5.02 Å². The molecule has 0 aromatic heterocycles. The first-order valence-electron chi connectivity index (χ1n) is 12.9. The second-order valence-electron chi connectivity index (χ2n) is 10.3. The van der Waals surface area contributed by atoms with E-state index in [9.17, 15) is 19.5 Å². The van der Waals surface area contributed by atoms with Crippen molar-refractivity contribution in [3.63, 3.8) is 0 Å². The van der Waals surface area contributed by atoms with Gasteiger partial charge in [0.15, 0.2) is 0 Å². The number of nitrogens with one attached hydrogen (secondary N) is 2. The molecule has 0 saturated carbocycles. The van der Waals surface area contributed by atoms with Crippen LogP contribution in [0.25, 0.3) is 0 Å². The highest BCUT2D eigenvalue weighted by atomic mass is 35.5. The van der Waals surface area contributed by atoms with Gasteiger partial charge in [-0.15, -0.1) is 11.8 Å². The van der Waals surface area contributed by atoms with Crippen molar-refractivity contribution in [3.8, 4) is 5.75 Å². The Morgan fingerprint density at radius 2 is 1.87 bits per heavy atom. The van der Waals surface area contributed by atoms with E-state index >= 15 is 0 Å². The number of hydrogen-bond donors (Lipinski definition) is 3. The molecule has 3 aliphatic rings. The molecular formula is C28H32ClN3O5S. The maximum atomic E-state index is 14.0. The number of likely N-dealkylation sites (tertiary alicyclic amines) is 1. The third kappa shape index (κ3) is 4.44. The molecule has 3 aliphatic heterocycles. The first-order valence-corrected chi connectivity index (χ1v) is 14.1. The Labute approximate surface area is 231 Å². The Balaban J connectivity index is 1.45. The van der Waals surface area contributed by atoms with Gasteiger partial charge in [-0.3, -0.25) is 14.4 Å². The fourth-order valence-electron chi connectivity index (χ4n) is 6.39. The number of carbonyl (C=O) groups is 3. The minimum absolute atomic E-state index is 0.104. The SMILES string of the molecule is CCOc1ccc(NC(=O)[C@@H]2[C@H]3C(=O)N(CCCO)C(C(=O)Nc4ccccc4Cl)C34CC[C@@]2(C)S4)cc1. The fraction of sp³-hybridized carbons (Fsp3) is 0.464. The number of fused-ring (bicyclic) bond motifs is 1. The molecule has 3 N–H and O–H groups in total. The van der Waals surface area contributed by atoms with Crippen molar-refractivity contribution in [1.82, 2.24) is 4.90 Å². The van der Waals surface area contributed by atoms with Crippen molar-refractivity contribution in [2.75, 3.05) is 30.4 Å². The smallest absolute Gasteiger partial charge is 0.248 e. The van der Waals surface area contributed by atoms with E-state index in [4.69, 9.17) is 16.3 Å². The Bertz CT molecular complexity index is 1240. The van der Waals surface area contributed by atoms with E-state index in [2.05, 4.69) is 10.6 Å². The molecule has 2 bridgehead atoms. The number of benzene rings is 2. The molecule has 3 fully saturated rings. The van der Waals surface area contributed by atoms with Crippen molar-refractivity contribution < 1.29 is 24.2 Å². The molecule has 8 nitrogen and oxygen atoms in total. The van der Waals surface area contributed by atoms with Crippen LogP contribution in [0.15, 0.2) is 48.5 Å². The number of para-hydroxylation sites is 1. The van der Waals surface area contributed by atoms with Crippen molar-refractivity contribution in [3.05, 3.63) is 53.6 Å². The van der Waals surface area contributed by atoms with Crippen LogP contribution in [-0.2, 0) is 14.4 Å². The molecule has 0 radical (unpaired) electrons. The zero-order chi connectivity index (χ0) is 27.1. The molecule has 2 unspecified atom stereocenters. The van der Waals surface area contributed by atoms with Gasteiger partial charge in [-0.2, -0.15) is 0 Å². The van der Waals surface area contributed by atoms with E-state index in [1.54, 1.807) is 65.2 Å². The number of halogens is 1. The number of amides is 3. The molecule has 202 valence electrons. The second-order valence-corrected chi connectivity index (χ2v) is 12.6. The van der Waals surface area contributed by atoms with Crippen LogP contribution in [0.3, 0.4) is 0 Å². The lowest BCUT2D eigenvalue weighted by Gasteiger charge is -2.34. The van der Waals surface area contributed by atoms with Crippen LogP contribution in [0.5, 0.6) is 5.75 Å².